The summed E-state index contributed by atoms with van der Waals surface area (Å²) >= 11 is 0. The van der Waals surface area contributed by atoms with Crippen LogP contribution in [0.3, 0.4) is 0 Å². The monoisotopic (exact) mass is 416 g/mol. The second kappa shape index (κ2) is 9.21. The van der Waals surface area contributed by atoms with E-state index >= 15 is 0 Å². The van der Waals surface area contributed by atoms with Gasteiger partial charge in [0.15, 0.2) is 0 Å². The lowest BCUT2D eigenvalue weighted by molar-refractivity contribution is 0.0695. The number of hydrogen-bond donors (Lipinski definition) is 1. The van der Waals surface area contributed by atoms with Crippen molar-refractivity contribution >= 4 is 17.3 Å². The van der Waals surface area contributed by atoms with Crippen LogP contribution in [0.4, 0.5) is 11.4 Å². The number of pyridine rings is 1. The van der Waals surface area contributed by atoms with Crippen LogP contribution in [0.15, 0.2) is 60.9 Å². The first-order valence-corrected chi connectivity index (χ1v) is 10.8. The van der Waals surface area contributed by atoms with Crippen LogP contribution in [0.2, 0.25) is 0 Å². The highest BCUT2D eigenvalue weighted by atomic mass is 16.5. The quantitative estimate of drug-likeness (QED) is 0.542. The molecule has 0 bridgehead atoms. The van der Waals surface area contributed by atoms with Gasteiger partial charge in [-0.2, -0.15) is 0 Å². The van der Waals surface area contributed by atoms with Gasteiger partial charge in [-0.05, 0) is 72.6 Å². The molecule has 160 valence electrons. The Balaban J connectivity index is 1.51. The molecule has 3 aromatic rings. The Bertz CT molecular complexity index is 1060. The minimum Gasteiger partial charge on any atom is -0.493 e. The molecule has 1 aliphatic heterocycles. The smallest absolute Gasteiger partial charge is 0.336 e. The van der Waals surface area contributed by atoms with Crippen molar-refractivity contribution < 1.29 is 14.6 Å². The van der Waals surface area contributed by atoms with Crippen LogP contribution in [-0.2, 0) is 12.8 Å². The molecule has 1 N–H and O–H groups in total. The van der Waals surface area contributed by atoms with E-state index in [9.17, 15) is 9.90 Å². The molecular weight excluding hydrogens is 388 g/mol. The van der Waals surface area contributed by atoms with Gasteiger partial charge in [0.2, 0.25) is 0 Å². The van der Waals surface area contributed by atoms with Crippen LogP contribution in [0.25, 0.3) is 0 Å². The molecule has 4 rings (SSSR count). The summed E-state index contributed by atoms with van der Waals surface area (Å²) in [5.74, 6) is 0.369. The van der Waals surface area contributed by atoms with E-state index in [4.69, 9.17) is 4.74 Å². The molecule has 1 aliphatic rings. The van der Waals surface area contributed by atoms with Gasteiger partial charge in [0.1, 0.15) is 5.75 Å². The fourth-order valence-corrected chi connectivity index (χ4v) is 4.23. The molecule has 2 aromatic carbocycles. The molecule has 0 fully saturated rings. The van der Waals surface area contributed by atoms with E-state index in [1.54, 1.807) is 12.3 Å². The van der Waals surface area contributed by atoms with Gasteiger partial charge in [0.25, 0.3) is 0 Å². The number of aromatic nitrogens is 1. The largest absolute Gasteiger partial charge is 0.493 e. The molecule has 0 unspecified atom stereocenters. The molecule has 31 heavy (non-hydrogen) atoms. The second-order valence-corrected chi connectivity index (χ2v) is 8.01. The number of nitrogens with zero attached hydrogens (tertiary/aromatic N) is 2. The molecule has 5 nitrogen and oxygen atoms in total. The molecule has 0 radical (unpaired) electrons. The lowest BCUT2D eigenvalue weighted by Gasteiger charge is -2.28. The third-order valence-electron chi connectivity index (χ3n) is 6.18. The Morgan fingerprint density at radius 3 is 2.68 bits per heavy atom. The molecule has 1 aromatic heterocycles. The number of hydrogen-bond acceptors (Lipinski definition) is 4. The molecule has 0 saturated carbocycles. The van der Waals surface area contributed by atoms with Gasteiger partial charge < -0.3 is 14.7 Å². The van der Waals surface area contributed by atoms with Crippen molar-refractivity contribution in [3.8, 4) is 5.75 Å². The summed E-state index contributed by atoms with van der Waals surface area (Å²) in [6, 6.07) is 16.6. The first-order chi connectivity index (χ1) is 15.1. The van der Waals surface area contributed by atoms with Gasteiger partial charge in [-0.15, -0.1) is 0 Å². The number of carboxylic acids is 1. The van der Waals surface area contributed by atoms with Crippen LogP contribution < -0.4 is 9.64 Å². The van der Waals surface area contributed by atoms with Crippen molar-refractivity contribution in [1.82, 2.24) is 4.98 Å². The van der Waals surface area contributed by atoms with Crippen molar-refractivity contribution in [2.45, 2.75) is 38.5 Å². The lowest BCUT2D eigenvalue weighted by atomic mass is 9.87. The zero-order valence-electron chi connectivity index (χ0n) is 18.0. The van der Waals surface area contributed by atoms with Crippen LogP contribution in [0.1, 0.15) is 52.7 Å². The number of rotatable bonds is 7. The van der Waals surface area contributed by atoms with Gasteiger partial charge >= 0.3 is 5.97 Å². The van der Waals surface area contributed by atoms with Crippen molar-refractivity contribution in [2.24, 2.45) is 0 Å². The van der Waals surface area contributed by atoms with Crippen molar-refractivity contribution in [3.05, 3.63) is 83.2 Å². The Hall–Kier alpha value is -3.34. The van der Waals surface area contributed by atoms with Gasteiger partial charge in [0, 0.05) is 36.9 Å². The predicted molar refractivity (Wildman–Crippen MR) is 123 cm³/mol. The first kappa shape index (κ1) is 20.9. The zero-order valence-corrected chi connectivity index (χ0v) is 18.0. The fourth-order valence-electron chi connectivity index (χ4n) is 4.23. The Morgan fingerprint density at radius 1 is 1.16 bits per heavy atom. The van der Waals surface area contributed by atoms with E-state index < -0.39 is 5.97 Å². The highest BCUT2D eigenvalue weighted by Gasteiger charge is 2.23. The summed E-state index contributed by atoms with van der Waals surface area (Å²) in [6.45, 7) is 2.83. The van der Waals surface area contributed by atoms with Crippen molar-refractivity contribution in [2.75, 3.05) is 18.6 Å². The molecule has 2 heterocycles. The number of anilines is 2. The van der Waals surface area contributed by atoms with E-state index in [2.05, 4.69) is 66.3 Å². The van der Waals surface area contributed by atoms with Crippen LogP contribution in [-0.4, -0.2) is 29.7 Å². The van der Waals surface area contributed by atoms with Crippen LogP contribution >= 0.6 is 0 Å². The van der Waals surface area contributed by atoms with Crippen LogP contribution in [0.5, 0.6) is 5.75 Å². The summed E-state index contributed by atoms with van der Waals surface area (Å²) in [4.78, 5) is 17.8. The highest BCUT2D eigenvalue weighted by molar-refractivity contribution is 5.89. The maximum absolute atomic E-state index is 11.5. The van der Waals surface area contributed by atoms with Gasteiger partial charge in [-0.25, -0.2) is 4.79 Å². The normalized spacial score (nSPS) is 15.1. The van der Waals surface area contributed by atoms with Gasteiger partial charge in [0.05, 0.1) is 12.2 Å². The molecular formula is C26H28N2O3. The SMILES string of the molecule is CCc1ccc(N(C)c2ccc3c(c2)OCC[C@H]3CCc2cnccc2C(=O)O)cc1. The number of benzene rings is 2. The molecule has 5 heteroatoms. The average molecular weight is 417 g/mol. The third-order valence-corrected chi connectivity index (χ3v) is 6.18. The Kier molecular flexibility index (Phi) is 6.21. The van der Waals surface area contributed by atoms with Crippen molar-refractivity contribution in [3.63, 3.8) is 0 Å². The van der Waals surface area contributed by atoms with E-state index in [0.29, 0.717) is 24.5 Å². The average Bonchev–Trinajstić information content (AvgIpc) is 2.82. The topological polar surface area (TPSA) is 62.7 Å². The fraction of sp³-hybridized carbons (Fsp3) is 0.308. The second-order valence-electron chi connectivity index (χ2n) is 8.01. The maximum atomic E-state index is 11.5. The Morgan fingerprint density at radius 2 is 1.94 bits per heavy atom. The number of carbonyl (C=O) groups is 1. The molecule has 1 atom stereocenters. The third kappa shape index (κ3) is 4.55. The van der Waals surface area contributed by atoms with Gasteiger partial charge in [-0.3, -0.25) is 4.98 Å². The number of carboxylic acid groups (broad SMARTS) is 1. The Labute approximate surface area is 183 Å². The predicted octanol–water partition coefficient (Wildman–Crippen LogP) is 5.61. The summed E-state index contributed by atoms with van der Waals surface area (Å²) in [7, 11) is 2.07. The van der Waals surface area contributed by atoms with E-state index in [-0.39, 0.29) is 0 Å². The summed E-state index contributed by atoms with van der Waals surface area (Å²) < 4.78 is 6.00. The number of ether oxygens (including phenoxy) is 1. The van der Waals surface area contributed by atoms with E-state index in [0.717, 1.165) is 42.0 Å². The minimum atomic E-state index is -0.899. The lowest BCUT2D eigenvalue weighted by Crippen LogP contribution is -2.17. The molecule has 0 saturated heterocycles. The minimum absolute atomic E-state index is 0.341. The number of aromatic carboxylic acids is 1. The molecule has 0 amide bonds. The standard InChI is InChI=1S/C26H28N2O3/c1-3-18-4-8-21(9-5-18)28(2)22-10-11-23-19(13-15-31-25(23)16-22)6-7-20-17-27-14-12-24(20)26(29)30/h4-5,8-12,14,16-17,19H,3,6-7,13,15H2,1-2H3,(H,29,30)/t19-/m1/s1. The van der Waals surface area contributed by atoms with E-state index in [1.807, 2.05) is 0 Å². The molecule has 0 aliphatic carbocycles. The molecule has 0 spiro atoms. The summed E-state index contributed by atoms with van der Waals surface area (Å²) in [6.07, 6.45) is 6.73. The number of aryl methyl sites for hydroxylation is 2. The summed E-state index contributed by atoms with van der Waals surface area (Å²) in [5, 5.41) is 9.41. The first-order valence-electron chi connectivity index (χ1n) is 10.8. The number of fused-ring (bicyclic) bond motifs is 1. The maximum Gasteiger partial charge on any atom is 0.336 e. The zero-order chi connectivity index (χ0) is 21.8. The van der Waals surface area contributed by atoms with E-state index in [1.165, 1.54) is 17.3 Å². The van der Waals surface area contributed by atoms with Gasteiger partial charge in [-0.1, -0.05) is 25.1 Å². The highest BCUT2D eigenvalue weighted by Crippen LogP contribution is 2.39. The van der Waals surface area contributed by atoms with Crippen molar-refractivity contribution in [1.29, 1.82) is 0 Å². The van der Waals surface area contributed by atoms with Crippen LogP contribution in [0, 0.1) is 0 Å². The summed E-state index contributed by atoms with van der Waals surface area (Å²) in [5.41, 5.74) is 5.88.